The third-order valence-corrected chi connectivity index (χ3v) is 3.79. The van der Waals surface area contributed by atoms with E-state index in [0.29, 0.717) is 11.3 Å². The van der Waals surface area contributed by atoms with Crippen molar-refractivity contribution in [3.05, 3.63) is 62.8 Å². The van der Waals surface area contributed by atoms with Crippen molar-refractivity contribution in [2.45, 2.75) is 6.92 Å². The summed E-state index contributed by atoms with van der Waals surface area (Å²) >= 11 is 2.22. The van der Waals surface area contributed by atoms with E-state index in [0.717, 1.165) is 20.3 Å². The van der Waals surface area contributed by atoms with E-state index in [1.165, 1.54) is 0 Å². The minimum Gasteiger partial charge on any atom is -0.410 e. The topological polar surface area (TPSA) is 56.4 Å². The Morgan fingerprint density at radius 2 is 2.05 bits per heavy atom. The molecule has 0 saturated heterocycles. The number of allylic oxidation sites excluding steroid dienone is 6. The van der Waals surface area contributed by atoms with Gasteiger partial charge in [-0.1, -0.05) is 29.4 Å². The monoisotopic (exact) mass is 362 g/mol. The number of hydrogen-bond donors (Lipinski definition) is 1. The molecule has 0 fully saturated rings. The quantitative estimate of drug-likeness (QED) is 0.356. The maximum absolute atomic E-state index is 9.41. The Labute approximate surface area is 125 Å². The highest BCUT2D eigenvalue weighted by molar-refractivity contribution is 14.1. The minimum atomic E-state index is 0.517. The van der Waals surface area contributed by atoms with E-state index in [-0.39, 0.29) is 0 Å². The largest absolute Gasteiger partial charge is 0.410 e. The van der Waals surface area contributed by atoms with Gasteiger partial charge in [0.2, 0.25) is 0 Å². The van der Waals surface area contributed by atoms with Crippen molar-refractivity contribution in [2.75, 3.05) is 0 Å². The van der Waals surface area contributed by atoms with Crippen molar-refractivity contribution in [1.82, 2.24) is 0 Å². The second-order valence-electron chi connectivity index (χ2n) is 4.07. The molecule has 0 aliphatic heterocycles. The highest BCUT2D eigenvalue weighted by Gasteiger charge is 2.13. The number of halogens is 1. The molecule has 4 heteroatoms. The second kappa shape index (κ2) is 5.85. The molecule has 2 rings (SSSR count). The smallest absolute Gasteiger partial charge is 0.105 e. The van der Waals surface area contributed by atoms with E-state index in [2.05, 4.69) is 33.8 Å². The van der Waals surface area contributed by atoms with Crippen LogP contribution in [0.5, 0.6) is 0 Å². The normalized spacial score (nSPS) is 19.0. The van der Waals surface area contributed by atoms with Gasteiger partial charge in [-0.05, 0) is 58.9 Å². The zero-order valence-electron chi connectivity index (χ0n) is 10.3. The van der Waals surface area contributed by atoms with Gasteiger partial charge >= 0.3 is 0 Å². The van der Waals surface area contributed by atoms with Crippen molar-refractivity contribution >= 4 is 33.9 Å². The van der Waals surface area contributed by atoms with Crippen LogP contribution in [0.3, 0.4) is 0 Å². The zero-order chi connectivity index (χ0) is 13.8. The van der Waals surface area contributed by atoms with Gasteiger partial charge in [0, 0.05) is 9.13 Å². The second-order valence-corrected chi connectivity index (χ2v) is 5.23. The fourth-order valence-corrected chi connectivity index (χ4v) is 2.52. The van der Waals surface area contributed by atoms with E-state index in [9.17, 15) is 5.26 Å². The van der Waals surface area contributed by atoms with Crippen molar-refractivity contribution in [1.29, 1.82) is 5.26 Å². The number of oxime groups is 1. The molecular formula is C15H11IN2O. The highest BCUT2D eigenvalue weighted by Crippen LogP contribution is 2.27. The number of nitrogens with zero attached hydrogens (tertiary/aromatic N) is 2. The summed E-state index contributed by atoms with van der Waals surface area (Å²) in [5.41, 5.74) is 3.72. The molecular weight excluding hydrogens is 351 g/mol. The summed E-state index contributed by atoms with van der Waals surface area (Å²) in [6.07, 6.45) is 5.36. The number of hydrogen-bond acceptors (Lipinski definition) is 3. The molecule has 1 aromatic carbocycles. The van der Waals surface area contributed by atoms with Crippen molar-refractivity contribution in [3.63, 3.8) is 0 Å². The molecule has 1 aliphatic rings. The minimum absolute atomic E-state index is 0.517. The lowest BCUT2D eigenvalue weighted by Gasteiger charge is -2.10. The van der Waals surface area contributed by atoms with Crippen LogP contribution in [0.25, 0.3) is 5.57 Å². The Balaban J connectivity index is 2.59. The van der Waals surface area contributed by atoms with Gasteiger partial charge in [-0.3, -0.25) is 0 Å². The first-order chi connectivity index (χ1) is 9.17. The molecule has 1 aliphatic carbocycles. The van der Waals surface area contributed by atoms with Crippen LogP contribution in [0, 0.1) is 14.9 Å². The molecule has 0 radical (unpaired) electrons. The molecule has 0 unspecified atom stereocenters. The van der Waals surface area contributed by atoms with E-state index >= 15 is 0 Å². The van der Waals surface area contributed by atoms with Gasteiger partial charge in [0.25, 0.3) is 0 Å². The summed E-state index contributed by atoms with van der Waals surface area (Å²) in [4.78, 5) is 0. The number of rotatable bonds is 1. The molecule has 1 N–H and O–H groups in total. The summed E-state index contributed by atoms with van der Waals surface area (Å²) in [5.74, 6) is 0. The van der Waals surface area contributed by atoms with Crippen LogP contribution in [0.15, 0.2) is 58.8 Å². The lowest BCUT2D eigenvalue weighted by molar-refractivity contribution is 0.319. The van der Waals surface area contributed by atoms with Crippen molar-refractivity contribution in [3.8, 4) is 6.07 Å². The van der Waals surface area contributed by atoms with Gasteiger partial charge < -0.3 is 5.21 Å². The zero-order valence-corrected chi connectivity index (χ0v) is 12.4. The Kier molecular flexibility index (Phi) is 4.17. The maximum Gasteiger partial charge on any atom is 0.105 e. The molecule has 0 aromatic heterocycles. The van der Waals surface area contributed by atoms with Crippen molar-refractivity contribution in [2.24, 2.45) is 5.16 Å². The predicted octanol–water partition coefficient (Wildman–Crippen LogP) is 3.91. The van der Waals surface area contributed by atoms with Crippen LogP contribution in [0.1, 0.15) is 12.5 Å². The molecule has 19 heavy (non-hydrogen) atoms. The van der Waals surface area contributed by atoms with Gasteiger partial charge in [0.15, 0.2) is 0 Å². The van der Waals surface area contributed by atoms with Crippen LogP contribution < -0.4 is 0 Å². The molecule has 0 heterocycles. The van der Waals surface area contributed by atoms with Crippen LogP contribution in [-0.2, 0) is 0 Å². The van der Waals surface area contributed by atoms with E-state index in [1.54, 1.807) is 12.2 Å². The summed E-state index contributed by atoms with van der Waals surface area (Å²) in [6, 6.07) is 10.0. The van der Waals surface area contributed by atoms with E-state index in [1.807, 2.05) is 37.3 Å². The summed E-state index contributed by atoms with van der Waals surface area (Å²) in [6.45, 7) is 1.85. The fourth-order valence-electron chi connectivity index (χ4n) is 1.87. The first kappa shape index (κ1) is 13.6. The maximum atomic E-state index is 9.41. The van der Waals surface area contributed by atoms with Crippen LogP contribution in [-0.4, -0.2) is 10.9 Å². The molecule has 0 atom stereocenters. The molecule has 0 saturated carbocycles. The average Bonchev–Trinajstić information content (AvgIpc) is 2.42. The number of nitriles is 1. The van der Waals surface area contributed by atoms with Gasteiger partial charge in [-0.15, -0.1) is 0 Å². The van der Waals surface area contributed by atoms with Gasteiger partial charge in [-0.25, -0.2) is 0 Å². The lowest BCUT2D eigenvalue weighted by Crippen LogP contribution is -2.02. The summed E-state index contributed by atoms with van der Waals surface area (Å²) < 4.78 is 1.03. The molecule has 1 aromatic rings. The fraction of sp³-hybridized carbons (Fsp3) is 0.0667. The summed E-state index contributed by atoms with van der Waals surface area (Å²) in [5, 5.41) is 21.4. The third kappa shape index (κ3) is 2.76. The Morgan fingerprint density at radius 1 is 1.32 bits per heavy atom. The number of benzene rings is 1. The van der Waals surface area contributed by atoms with Gasteiger partial charge in [0.1, 0.15) is 11.8 Å². The third-order valence-electron chi connectivity index (χ3n) is 2.85. The summed E-state index contributed by atoms with van der Waals surface area (Å²) in [7, 11) is 0. The molecule has 0 spiro atoms. The van der Waals surface area contributed by atoms with Gasteiger partial charge in [-0.2, -0.15) is 5.26 Å². The molecule has 0 bridgehead atoms. The molecule has 3 nitrogen and oxygen atoms in total. The van der Waals surface area contributed by atoms with E-state index < -0.39 is 0 Å². The SMILES string of the molecule is CC1=CC(=C(C#N)c2ccccc2I)C=CC1=NO. The first-order valence-corrected chi connectivity index (χ1v) is 6.73. The van der Waals surface area contributed by atoms with Crippen LogP contribution in [0.4, 0.5) is 0 Å². The van der Waals surface area contributed by atoms with Crippen molar-refractivity contribution < 1.29 is 5.21 Å². The molecule has 0 amide bonds. The molecule has 94 valence electrons. The average molecular weight is 362 g/mol. The van der Waals surface area contributed by atoms with Crippen LogP contribution in [0.2, 0.25) is 0 Å². The Hall–Kier alpha value is -1.87. The van der Waals surface area contributed by atoms with Gasteiger partial charge in [0.05, 0.1) is 5.57 Å². The first-order valence-electron chi connectivity index (χ1n) is 5.65. The lowest BCUT2D eigenvalue weighted by atomic mass is 9.94. The standard InChI is InChI=1S/C15H11IN2O/c1-10-8-11(6-7-15(10)18-19)13(9-17)12-4-2-3-5-14(12)16/h2-8,19H,1H3. The van der Waals surface area contributed by atoms with Crippen LogP contribution >= 0.6 is 22.6 Å². The van der Waals surface area contributed by atoms with E-state index in [4.69, 9.17) is 5.21 Å². The highest BCUT2D eigenvalue weighted by atomic mass is 127. The predicted molar refractivity (Wildman–Crippen MR) is 83.8 cm³/mol. The Morgan fingerprint density at radius 3 is 2.63 bits per heavy atom. The Bertz CT molecular complexity index is 676.